The first kappa shape index (κ1) is 20.1. The first-order chi connectivity index (χ1) is 12.1. The Bertz CT molecular complexity index is 862. The number of aromatic nitrogens is 3. The predicted molar refractivity (Wildman–Crippen MR) is 106 cm³/mol. The van der Waals surface area contributed by atoms with Gasteiger partial charge in [-0.15, -0.1) is 23.7 Å². The van der Waals surface area contributed by atoms with Gasteiger partial charge < -0.3 is 10.6 Å². The fraction of sp³-hybridized carbons (Fsp3) is 0.278. The molecule has 0 fully saturated rings. The van der Waals surface area contributed by atoms with Crippen molar-refractivity contribution in [3.63, 3.8) is 0 Å². The molecule has 138 valence electrons. The molecule has 26 heavy (non-hydrogen) atoms. The molecule has 1 unspecified atom stereocenters. The van der Waals surface area contributed by atoms with E-state index in [9.17, 15) is 4.79 Å². The summed E-state index contributed by atoms with van der Waals surface area (Å²) in [6, 6.07) is 9.65. The Morgan fingerprint density at radius 2 is 2.04 bits per heavy atom. The normalized spacial score (nSPS) is 11.7. The van der Waals surface area contributed by atoms with E-state index in [-0.39, 0.29) is 18.3 Å². The molecule has 0 aliphatic heterocycles. The van der Waals surface area contributed by atoms with Crippen LogP contribution in [0.3, 0.4) is 0 Å². The van der Waals surface area contributed by atoms with E-state index in [1.54, 1.807) is 29.3 Å². The summed E-state index contributed by atoms with van der Waals surface area (Å²) >= 11 is 1.61. The van der Waals surface area contributed by atoms with Crippen molar-refractivity contribution in [3.8, 4) is 10.6 Å². The van der Waals surface area contributed by atoms with Crippen LogP contribution in [0.4, 0.5) is 0 Å². The number of hydrogen-bond donors (Lipinski definition) is 2. The summed E-state index contributed by atoms with van der Waals surface area (Å²) in [6.45, 7) is 2.44. The number of carbonyl (C=O) groups is 1. The minimum Gasteiger partial charge on any atom is -0.349 e. The van der Waals surface area contributed by atoms with Gasteiger partial charge in [0.05, 0.1) is 18.4 Å². The minimum atomic E-state index is -0.421. The quantitative estimate of drug-likeness (QED) is 0.677. The average Bonchev–Trinajstić information content (AvgIpc) is 3.20. The number of nitrogens with one attached hydrogen (secondary N) is 2. The first-order valence-corrected chi connectivity index (χ1v) is 8.85. The van der Waals surface area contributed by atoms with Gasteiger partial charge in [0.1, 0.15) is 11.0 Å². The highest BCUT2D eigenvalue weighted by molar-refractivity contribution is 7.15. The third kappa shape index (κ3) is 4.49. The Morgan fingerprint density at radius 3 is 2.65 bits per heavy atom. The zero-order valence-electron chi connectivity index (χ0n) is 14.9. The van der Waals surface area contributed by atoms with Crippen molar-refractivity contribution < 1.29 is 4.79 Å². The summed E-state index contributed by atoms with van der Waals surface area (Å²) in [6.07, 6.45) is 3.54. The Hall–Kier alpha value is -2.22. The van der Waals surface area contributed by atoms with Crippen molar-refractivity contribution in [2.24, 2.45) is 7.05 Å². The third-order valence-corrected chi connectivity index (χ3v) is 5.15. The molecule has 2 heterocycles. The summed E-state index contributed by atoms with van der Waals surface area (Å²) in [5, 5.41) is 11.1. The molecule has 0 radical (unpaired) electrons. The van der Waals surface area contributed by atoms with Gasteiger partial charge in [-0.3, -0.25) is 9.48 Å². The van der Waals surface area contributed by atoms with E-state index in [2.05, 4.69) is 20.7 Å². The van der Waals surface area contributed by atoms with Crippen LogP contribution in [0.25, 0.3) is 10.6 Å². The first-order valence-electron chi connectivity index (χ1n) is 8.03. The Balaban J connectivity index is 0.00000243. The zero-order chi connectivity index (χ0) is 17.8. The number of nitrogens with zero attached hydrogens (tertiary/aromatic N) is 3. The maximum Gasteiger partial charge on any atom is 0.242 e. The molecule has 0 aliphatic rings. The van der Waals surface area contributed by atoms with Gasteiger partial charge in [-0.05, 0) is 14.0 Å². The molecule has 6 nitrogen and oxygen atoms in total. The second-order valence-electron chi connectivity index (χ2n) is 5.78. The van der Waals surface area contributed by atoms with Crippen molar-refractivity contribution in [1.29, 1.82) is 0 Å². The average molecular weight is 392 g/mol. The van der Waals surface area contributed by atoms with Gasteiger partial charge in [0, 0.05) is 29.2 Å². The Kier molecular flexibility index (Phi) is 6.90. The van der Waals surface area contributed by atoms with E-state index >= 15 is 0 Å². The number of hydrogen-bond acceptors (Lipinski definition) is 5. The SMILES string of the molecule is CNC(C(=O)NCc1sc(-c2ccccc2)nc1C)c1cnn(C)c1.Cl. The third-order valence-electron chi connectivity index (χ3n) is 3.95. The standard InChI is InChI=1S/C18H21N5OS.ClH/c1-12-15(25-18(22-12)13-7-5-4-6-8-13)10-20-17(24)16(19-2)14-9-21-23(3)11-14;/h4-9,11,16,19H,10H2,1-3H3,(H,20,24);1H. The summed E-state index contributed by atoms with van der Waals surface area (Å²) < 4.78 is 1.69. The van der Waals surface area contributed by atoms with Crippen molar-refractivity contribution >= 4 is 29.7 Å². The number of carbonyl (C=O) groups excluding carboxylic acids is 1. The van der Waals surface area contributed by atoms with E-state index in [0.717, 1.165) is 26.7 Å². The van der Waals surface area contributed by atoms with Gasteiger partial charge >= 0.3 is 0 Å². The van der Waals surface area contributed by atoms with Crippen molar-refractivity contribution in [2.75, 3.05) is 7.05 Å². The fourth-order valence-corrected chi connectivity index (χ4v) is 3.61. The van der Waals surface area contributed by atoms with Crippen molar-refractivity contribution in [3.05, 3.63) is 58.9 Å². The maximum absolute atomic E-state index is 12.5. The van der Waals surface area contributed by atoms with E-state index in [1.807, 2.05) is 50.5 Å². The molecular formula is C18H22ClN5OS. The molecule has 0 saturated heterocycles. The van der Waals surface area contributed by atoms with E-state index < -0.39 is 6.04 Å². The molecule has 1 aromatic carbocycles. The Labute approximate surface area is 163 Å². The predicted octanol–water partition coefficient (Wildman–Crippen LogP) is 2.85. The molecule has 2 N–H and O–H groups in total. The lowest BCUT2D eigenvalue weighted by atomic mass is 10.1. The number of rotatable bonds is 6. The molecule has 1 atom stereocenters. The van der Waals surface area contributed by atoms with Gasteiger partial charge in [-0.25, -0.2) is 4.98 Å². The van der Waals surface area contributed by atoms with E-state index in [4.69, 9.17) is 0 Å². The number of aryl methyl sites for hydroxylation is 2. The molecule has 0 spiro atoms. The zero-order valence-corrected chi connectivity index (χ0v) is 16.5. The highest BCUT2D eigenvalue weighted by Crippen LogP contribution is 2.27. The van der Waals surface area contributed by atoms with Crippen LogP contribution in [0.2, 0.25) is 0 Å². The molecule has 2 aromatic heterocycles. The number of thiazole rings is 1. The lowest BCUT2D eigenvalue weighted by Gasteiger charge is -2.14. The molecular weight excluding hydrogens is 370 g/mol. The van der Waals surface area contributed by atoms with Crippen LogP contribution in [0, 0.1) is 6.92 Å². The molecule has 3 aromatic rings. The van der Waals surface area contributed by atoms with Crippen LogP contribution in [-0.2, 0) is 18.4 Å². The van der Waals surface area contributed by atoms with Gasteiger partial charge in [0.25, 0.3) is 0 Å². The molecule has 3 rings (SSSR count). The molecule has 0 saturated carbocycles. The highest BCUT2D eigenvalue weighted by atomic mass is 35.5. The Morgan fingerprint density at radius 1 is 1.31 bits per heavy atom. The highest BCUT2D eigenvalue weighted by Gasteiger charge is 2.20. The molecule has 0 bridgehead atoms. The molecule has 0 aliphatic carbocycles. The lowest BCUT2D eigenvalue weighted by Crippen LogP contribution is -2.35. The number of amides is 1. The lowest BCUT2D eigenvalue weighted by molar-refractivity contribution is -0.123. The van der Waals surface area contributed by atoms with Crippen LogP contribution in [0.1, 0.15) is 22.2 Å². The smallest absolute Gasteiger partial charge is 0.242 e. The summed E-state index contributed by atoms with van der Waals surface area (Å²) in [5.41, 5.74) is 2.89. The van der Waals surface area contributed by atoms with Crippen LogP contribution in [0.5, 0.6) is 0 Å². The number of likely N-dealkylation sites (N-methyl/N-ethyl adjacent to an activating group) is 1. The summed E-state index contributed by atoms with van der Waals surface area (Å²) in [7, 11) is 3.60. The monoisotopic (exact) mass is 391 g/mol. The second-order valence-corrected chi connectivity index (χ2v) is 6.86. The van der Waals surface area contributed by atoms with Gasteiger partial charge in [0.2, 0.25) is 5.91 Å². The van der Waals surface area contributed by atoms with Gasteiger partial charge in [-0.2, -0.15) is 5.10 Å². The molecule has 8 heteroatoms. The van der Waals surface area contributed by atoms with Gasteiger partial charge in [0.15, 0.2) is 0 Å². The van der Waals surface area contributed by atoms with Crippen LogP contribution < -0.4 is 10.6 Å². The fourth-order valence-electron chi connectivity index (χ4n) is 2.60. The topological polar surface area (TPSA) is 71.8 Å². The van der Waals surface area contributed by atoms with E-state index in [1.165, 1.54) is 0 Å². The van der Waals surface area contributed by atoms with Gasteiger partial charge in [-0.1, -0.05) is 30.3 Å². The maximum atomic E-state index is 12.5. The summed E-state index contributed by atoms with van der Waals surface area (Å²) in [4.78, 5) is 18.2. The number of benzene rings is 1. The molecule has 1 amide bonds. The van der Waals surface area contributed by atoms with Crippen LogP contribution in [-0.4, -0.2) is 27.7 Å². The minimum absolute atomic E-state index is 0. The second kappa shape index (κ2) is 8.93. The largest absolute Gasteiger partial charge is 0.349 e. The van der Waals surface area contributed by atoms with Crippen molar-refractivity contribution in [2.45, 2.75) is 19.5 Å². The van der Waals surface area contributed by atoms with Crippen LogP contribution in [0.15, 0.2) is 42.7 Å². The van der Waals surface area contributed by atoms with Crippen LogP contribution >= 0.6 is 23.7 Å². The van der Waals surface area contributed by atoms with E-state index in [0.29, 0.717) is 6.54 Å². The van der Waals surface area contributed by atoms with Crippen molar-refractivity contribution in [1.82, 2.24) is 25.4 Å². The number of halogens is 1. The summed E-state index contributed by atoms with van der Waals surface area (Å²) in [5.74, 6) is -0.0791.